The van der Waals surface area contributed by atoms with Crippen LogP contribution in [0.5, 0.6) is 11.6 Å². The highest BCUT2D eigenvalue weighted by atomic mass is 35.5. The number of halogens is 1. The van der Waals surface area contributed by atoms with Crippen LogP contribution in [0.4, 0.5) is 5.69 Å². The van der Waals surface area contributed by atoms with Gasteiger partial charge in [0.2, 0.25) is 11.8 Å². The molecule has 6 heteroatoms. The molecule has 0 spiro atoms. The van der Waals surface area contributed by atoms with E-state index in [-0.39, 0.29) is 11.1 Å². The second-order valence-electron chi connectivity index (χ2n) is 4.66. The van der Waals surface area contributed by atoms with Crippen molar-refractivity contribution in [2.45, 2.75) is 6.92 Å². The fourth-order valence-electron chi connectivity index (χ4n) is 2.11. The number of ether oxygens (including phenoxy) is 1. The Balaban J connectivity index is 1.98. The van der Waals surface area contributed by atoms with Gasteiger partial charge in [0, 0.05) is 18.0 Å². The zero-order valence-corrected chi connectivity index (χ0v) is 12.5. The van der Waals surface area contributed by atoms with E-state index in [0.717, 1.165) is 16.5 Å². The molecule has 0 aliphatic carbocycles. The fourth-order valence-corrected chi connectivity index (χ4v) is 2.25. The van der Waals surface area contributed by atoms with Gasteiger partial charge >= 0.3 is 0 Å². The van der Waals surface area contributed by atoms with Gasteiger partial charge in [0.15, 0.2) is 5.15 Å². The van der Waals surface area contributed by atoms with Crippen molar-refractivity contribution in [2.24, 2.45) is 0 Å². The predicted octanol–water partition coefficient (Wildman–Crippen LogP) is 4.03. The summed E-state index contributed by atoms with van der Waals surface area (Å²) in [5.41, 5.74) is 0.736. The van der Waals surface area contributed by atoms with Crippen LogP contribution in [0, 0.1) is 0 Å². The molecule has 0 aliphatic heterocycles. The van der Waals surface area contributed by atoms with Gasteiger partial charge in [0.1, 0.15) is 5.75 Å². The fraction of sp³-hybridized carbons (Fsp3) is 0.0625. The Kier molecular flexibility index (Phi) is 3.89. The summed E-state index contributed by atoms with van der Waals surface area (Å²) in [5.74, 6) is 0.857. The summed E-state index contributed by atoms with van der Waals surface area (Å²) in [6.07, 6.45) is 2.94. The number of aromatic nitrogens is 2. The lowest BCUT2D eigenvalue weighted by molar-refractivity contribution is -0.114. The maximum atomic E-state index is 11.1. The van der Waals surface area contributed by atoms with Crippen LogP contribution in [-0.4, -0.2) is 15.9 Å². The second-order valence-corrected chi connectivity index (χ2v) is 5.04. The van der Waals surface area contributed by atoms with Gasteiger partial charge in [-0.25, -0.2) is 0 Å². The largest absolute Gasteiger partial charge is 0.437 e. The van der Waals surface area contributed by atoms with Crippen LogP contribution in [0.25, 0.3) is 10.8 Å². The van der Waals surface area contributed by atoms with Crippen LogP contribution in [0.3, 0.4) is 0 Å². The van der Waals surface area contributed by atoms with Crippen molar-refractivity contribution < 1.29 is 9.53 Å². The van der Waals surface area contributed by atoms with Gasteiger partial charge in [-0.05, 0) is 29.7 Å². The molecule has 0 saturated heterocycles. The molecule has 2 aromatic carbocycles. The molecule has 0 aliphatic rings. The molecule has 0 atom stereocenters. The molecule has 0 fully saturated rings. The van der Waals surface area contributed by atoms with E-state index in [9.17, 15) is 4.79 Å². The van der Waals surface area contributed by atoms with Gasteiger partial charge in [-0.1, -0.05) is 23.7 Å². The molecule has 1 aromatic heterocycles. The lowest BCUT2D eigenvalue weighted by Gasteiger charge is -2.09. The first kappa shape index (κ1) is 14.3. The number of hydrogen-bond donors (Lipinski definition) is 1. The predicted molar refractivity (Wildman–Crippen MR) is 85.4 cm³/mol. The van der Waals surface area contributed by atoms with E-state index in [1.807, 2.05) is 36.4 Å². The number of hydrogen-bond acceptors (Lipinski definition) is 4. The Labute approximate surface area is 131 Å². The molecule has 110 valence electrons. The molecule has 0 radical (unpaired) electrons. The highest BCUT2D eigenvalue weighted by Crippen LogP contribution is 2.30. The SMILES string of the molecule is CC(=O)Nc1ccc2c(Oc3cncc(Cl)n3)cccc2c1. The van der Waals surface area contributed by atoms with Crippen molar-refractivity contribution >= 4 is 34.0 Å². The molecule has 3 rings (SSSR count). The smallest absolute Gasteiger partial charge is 0.239 e. The van der Waals surface area contributed by atoms with Gasteiger partial charge < -0.3 is 10.1 Å². The standard InChI is InChI=1S/C16H12ClN3O2/c1-10(21)19-12-5-6-13-11(7-12)3-2-4-14(13)22-16-9-18-8-15(17)20-16/h2-9H,1H3,(H,19,21). The Bertz CT molecular complexity index is 852. The van der Waals surface area contributed by atoms with E-state index < -0.39 is 0 Å². The number of carbonyl (C=O) groups excluding carboxylic acids is 1. The van der Waals surface area contributed by atoms with Gasteiger partial charge in [-0.2, -0.15) is 4.98 Å². The monoisotopic (exact) mass is 313 g/mol. The maximum Gasteiger partial charge on any atom is 0.239 e. The van der Waals surface area contributed by atoms with Crippen molar-refractivity contribution in [1.29, 1.82) is 0 Å². The number of amides is 1. The number of fused-ring (bicyclic) bond motifs is 1. The summed E-state index contributed by atoms with van der Waals surface area (Å²) in [7, 11) is 0. The summed E-state index contributed by atoms with van der Waals surface area (Å²) >= 11 is 5.80. The molecule has 1 heterocycles. The zero-order chi connectivity index (χ0) is 15.5. The Morgan fingerprint density at radius 2 is 2.09 bits per heavy atom. The van der Waals surface area contributed by atoms with E-state index in [1.165, 1.54) is 19.3 Å². The molecular formula is C16H12ClN3O2. The molecule has 0 bridgehead atoms. The minimum atomic E-state index is -0.110. The van der Waals surface area contributed by atoms with Crippen LogP contribution < -0.4 is 10.1 Å². The first-order chi connectivity index (χ1) is 10.6. The van der Waals surface area contributed by atoms with Gasteiger partial charge in [-0.15, -0.1) is 0 Å². The highest BCUT2D eigenvalue weighted by molar-refractivity contribution is 6.29. The minimum Gasteiger partial charge on any atom is -0.437 e. The lowest BCUT2D eigenvalue weighted by Crippen LogP contribution is -2.05. The van der Waals surface area contributed by atoms with E-state index in [2.05, 4.69) is 15.3 Å². The van der Waals surface area contributed by atoms with Crippen molar-refractivity contribution in [3.05, 3.63) is 53.9 Å². The summed E-state index contributed by atoms with van der Waals surface area (Å²) in [6.45, 7) is 1.47. The van der Waals surface area contributed by atoms with Crippen molar-refractivity contribution in [3.63, 3.8) is 0 Å². The van der Waals surface area contributed by atoms with E-state index in [4.69, 9.17) is 16.3 Å². The topological polar surface area (TPSA) is 64.1 Å². The van der Waals surface area contributed by atoms with Crippen LogP contribution in [-0.2, 0) is 4.79 Å². The highest BCUT2D eigenvalue weighted by Gasteiger charge is 2.06. The number of rotatable bonds is 3. The Hall–Kier alpha value is -2.66. The number of nitrogens with zero attached hydrogens (tertiary/aromatic N) is 2. The van der Waals surface area contributed by atoms with E-state index >= 15 is 0 Å². The molecule has 0 unspecified atom stereocenters. The normalized spacial score (nSPS) is 10.5. The molecule has 5 nitrogen and oxygen atoms in total. The molecule has 22 heavy (non-hydrogen) atoms. The van der Waals surface area contributed by atoms with E-state index in [1.54, 1.807) is 0 Å². The Morgan fingerprint density at radius 3 is 2.86 bits per heavy atom. The van der Waals surface area contributed by atoms with Crippen molar-refractivity contribution in [1.82, 2.24) is 9.97 Å². The average Bonchev–Trinajstić information content (AvgIpc) is 2.46. The third-order valence-corrected chi connectivity index (χ3v) is 3.14. The molecule has 1 amide bonds. The summed E-state index contributed by atoms with van der Waals surface area (Å²) < 4.78 is 5.75. The van der Waals surface area contributed by atoms with Crippen molar-refractivity contribution in [2.75, 3.05) is 5.32 Å². The van der Waals surface area contributed by atoms with Crippen LogP contribution in [0.2, 0.25) is 5.15 Å². The number of carbonyl (C=O) groups is 1. The summed E-state index contributed by atoms with van der Waals surface area (Å²) in [5, 5.41) is 4.87. The molecular weight excluding hydrogens is 302 g/mol. The first-order valence-corrected chi connectivity index (χ1v) is 6.95. The minimum absolute atomic E-state index is 0.110. The molecule has 0 saturated carbocycles. The Morgan fingerprint density at radius 1 is 1.23 bits per heavy atom. The zero-order valence-electron chi connectivity index (χ0n) is 11.7. The third-order valence-electron chi connectivity index (χ3n) is 2.96. The van der Waals surface area contributed by atoms with Gasteiger partial charge in [-0.3, -0.25) is 9.78 Å². The lowest BCUT2D eigenvalue weighted by atomic mass is 10.1. The van der Waals surface area contributed by atoms with E-state index in [0.29, 0.717) is 11.6 Å². The van der Waals surface area contributed by atoms with Gasteiger partial charge in [0.05, 0.1) is 12.4 Å². The second kappa shape index (κ2) is 5.99. The number of benzene rings is 2. The number of nitrogens with one attached hydrogen (secondary N) is 1. The van der Waals surface area contributed by atoms with Crippen LogP contribution in [0.1, 0.15) is 6.92 Å². The molecule has 1 N–H and O–H groups in total. The first-order valence-electron chi connectivity index (χ1n) is 6.57. The summed E-state index contributed by atoms with van der Waals surface area (Å²) in [4.78, 5) is 19.1. The van der Waals surface area contributed by atoms with Crippen LogP contribution in [0.15, 0.2) is 48.8 Å². The van der Waals surface area contributed by atoms with Crippen LogP contribution >= 0.6 is 11.6 Å². The van der Waals surface area contributed by atoms with Gasteiger partial charge in [0.25, 0.3) is 0 Å². The number of anilines is 1. The van der Waals surface area contributed by atoms with Crippen molar-refractivity contribution in [3.8, 4) is 11.6 Å². The maximum absolute atomic E-state index is 11.1. The summed E-state index contributed by atoms with van der Waals surface area (Å²) in [6, 6.07) is 11.2. The quantitative estimate of drug-likeness (QED) is 0.792. The molecule has 3 aromatic rings. The average molecular weight is 314 g/mol. The third kappa shape index (κ3) is 3.15.